The molecule has 1 amide bonds. The zero-order chi connectivity index (χ0) is 17.4. The van der Waals surface area contributed by atoms with E-state index in [2.05, 4.69) is 51.7 Å². The number of anilines is 1. The Labute approximate surface area is 152 Å². The lowest BCUT2D eigenvalue weighted by molar-refractivity contribution is -0.115. The van der Waals surface area contributed by atoms with Gasteiger partial charge in [0.05, 0.1) is 12.1 Å². The third-order valence-electron chi connectivity index (χ3n) is 3.74. The lowest BCUT2D eigenvalue weighted by atomic mass is 10.1. The summed E-state index contributed by atoms with van der Waals surface area (Å²) in [4.78, 5) is 17.8. The number of fused-ring (bicyclic) bond motifs is 1. The molecule has 4 rings (SSSR count). The molecule has 3 aromatic heterocycles. The molecular weight excluding hydrogens is 354 g/mol. The van der Waals surface area contributed by atoms with Crippen LogP contribution in [-0.4, -0.2) is 25.5 Å². The highest BCUT2D eigenvalue weighted by atomic mass is 32.1. The molecule has 3 heterocycles. The second-order valence-corrected chi connectivity index (χ2v) is 7.74. The Kier molecular flexibility index (Phi) is 4.06. The summed E-state index contributed by atoms with van der Waals surface area (Å²) in [5.74, 6) is -0.110. The maximum Gasteiger partial charge on any atom is 0.232 e. The predicted octanol–water partition coefficient (Wildman–Crippen LogP) is 3.71. The second kappa shape index (κ2) is 6.38. The number of benzene rings is 1. The average Bonchev–Trinajstić information content (AvgIpc) is 3.26. The van der Waals surface area contributed by atoms with E-state index < -0.39 is 0 Å². The van der Waals surface area contributed by atoms with Gasteiger partial charge in [-0.2, -0.15) is 0 Å². The van der Waals surface area contributed by atoms with Gasteiger partial charge < -0.3 is 5.32 Å². The summed E-state index contributed by atoms with van der Waals surface area (Å²) in [5.41, 5.74) is 4.10. The Balaban J connectivity index is 1.56. The van der Waals surface area contributed by atoms with Crippen LogP contribution in [0.5, 0.6) is 0 Å². The predicted molar refractivity (Wildman–Crippen MR) is 100 cm³/mol. The van der Waals surface area contributed by atoms with Crippen molar-refractivity contribution in [3.05, 3.63) is 52.1 Å². The van der Waals surface area contributed by atoms with E-state index in [1.54, 1.807) is 0 Å². The number of aryl methyl sites for hydroxylation is 2. The molecule has 0 aliphatic rings. The fraction of sp³-hybridized carbons (Fsp3) is 0.176. The van der Waals surface area contributed by atoms with E-state index in [1.165, 1.54) is 28.2 Å². The fourth-order valence-electron chi connectivity index (χ4n) is 2.49. The number of hydrogen-bond acceptors (Lipinski definition) is 6. The SMILES string of the molecule is Cc1ccc(-c2cn3c(CC(=O)Nc4nnc(C)s4)csc3n2)cc1. The standard InChI is InChI=1S/C17H15N5OS2/c1-10-3-5-12(6-4-10)14-8-22-13(9-24-17(22)18-14)7-15(23)19-16-21-20-11(2)25-16/h3-6,8-9H,7H2,1-2H3,(H,19,21,23). The van der Waals surface area contributed by atoms with E-state index in [0.717, 1.165) is 26.9 Å². The zero-order valence-corrected chi connectivity index (χ0v) is 15.3. The van der Waals surface area contributed by atoms with Gasteiger partial charge in [-0.15, -0.1) is 21.5 Å². The van der Waals surface area contributed by atoms with Crippen molar-refractivity contribution in [2.45, 2.75) is 20.3 Å². The van der Waals surface area contributed by atoms with Crippen molar-refractivity contribution < 1.29 is 4.79 Å². The van der Waals surface area contributed by atoms with Gasteiger partial charge >= 0.3 is 0 Å². The van der Waals surface area contributed by atoms with Gasteiger partial charge in [-0.1, -0.05) is 41.2 Å². The molecule has 0 saturated carbocycles. The number of nitrogens with zero attached hydrogens (tertiary/aromatic N) is 4. The molecule has 1 N–H and O–H groups in total. The van der Waals surface area contributed by atoms with E-state index in [-0.39, 0.29) is 12.3 Å². The van der Waals surface area contributed by atoms with Crippen molar-refractivity contribution in [2.75, 3.05) is 5.32 Å². The fourth-order valence-corrected chi connectivity index (χ4v) is 3.98. The zero-order valence-electron chi connectivity index (χ0n) is 13.7. The average molecular weight is 369 g/mol. The van der Waals surface area contributed by atoms with Crippen molar-refractivity contribution in [1.29, 1.82) is 0 Å². The van der Waals surface area contributed by atoms with Gasteiger partial charge in [-0.25, -0.2) is 4.98 Å². The lowest BCUT2D eigenvalue weighted by Crippen LogP contribution is -2.15. The molecule has 0 atom stereocenters. The minimum atomic E-state index is -0.110. The Bertz CT molecular complexity index is 1040. The van der Waals surface area contributed by atoms with Crippen LogP contribution in [0.1, 0.15) is 16.3 Å². The first-order chi connectivity index (χ1) is 12.1. The van der Waals surface area contributed by atoms with E-state index in [9.17, 15) is 4.79 Å². The van der Waals surface area contributed by atoms with Crippen LogP contribution in [0.3, 0.4) is 0 Å². The van der Waals surface area contributed by atoms with Crippen molar-refractivity contribution in [3.63, 3.8) is 0 Å². The molecule has 0 saturated heterocycles. The number of carbonyl (C=O) groups is 1. The summed E-state index contributed by atoms with van der Waals surface area (Å²) in [5, 5.41) is 13.9. The Hall–Kier alpha value is -2.58. The highest BCUT2D eigenvalue weighted by Gasteiger charge is 2.13. The summed E-state index contributed by atoms with van der Waals surface area (Å²) >= 11 is 2.90. The normalized spacial score (nSPS) is 11.1. The van der Waals surface area contributed by atoms with E-state index >= 15 is 0 Å². The van der Waals surface area contributed by atoms with Gasteiger partial charge in [0, 0.05) is 22.8 Å². The number of thiazole rings is 1. The monoisotopic (exact) mass is 369 g/mol. The highest BCUT2D eigenvalue weighted by Crippen LogP contribution is 2.24. The summed E-state index contributed by atoms with van der Waals surface area (Å²) in [6.45, 7) is 3.92. The maximum atomic E-state index is 12.2. The van der Waals surface area contributed by atoms with Crippen LogP contribution in [-0.2, 0) is 11.2 Å². The summed E-state index contributed by atoms with van der Waals surface area (Å²) < 4.78 is 1.98. The summed E-state index contributed by atoms with van der Waals surface area (Å²) in [6.07, 6.45) is 2.25. The van der Waals surface area contributed by atoms with Gasteiger partial charge in [-0.05, 0) is 13.8 Å². The van der Waals surface area contributed by atoms with Gasteiger partial charge in [0.2, 0.25) is 11.0 Å². The highest BCUT2D eigenvalue weighted by molar-refractivity contribution is 7.15. The number of hydrogen-bond donors (Lipinski definition) is 1. The van der Waals surface area contributed by atoms with Gasteiger partial charge in [0.1, 0.15) is 5.01 Å². The lowest BCUT2D eigenvalue weighted by Gasteiger charge is -2.00. The number of rotatable bonds is 4. The van der Waals surface area contributed by atoms with Crippen LogP contribution in [0.4, 0.5) is 5.13 Å². The molecule has 0 unspecified atom stereocenters. The quantitative estimate of drug-likeness (QED) is 0.595. The van der Waals surface area contributed by atoms with Gasteiger partial charge in [-0.3, -0.25) is 9.20 Å². The molecule has 0 aliphatic heterocycles. The van der Waals surface area contributed by atoms with E-state index in [1.807, 2.05) is 22.9 Å². The molecule has 0 fully saturated rings. The minimum Gasteiger partial charge on any atom is -0.300 e. The number of nitrogens with one attached hydrogen (secondary N) is 1. The first-order valence-corrected chi connectivity index (χ1v) is 9.40. The molecule has 0 bridgehead atoms. The van der Waals surface area contributed by atoms with Crippen LogP contribution in [0.15, 0.2) is 35.8 Å². The molecule has 0 spiro atoms. The van der Waals surface area contributed by atoms with Crippen LogP contribution in [0.2, 0.25) is 0 Å². The van der Waals surface area contributed by atoms with Crippen molar-refractivity contribution in [2.24, 2.45) is 0 Å². The van der Waals surface area contributed by atoms with E-state index in [4.69, 9.17) is 0 Å². The molecule has 25 heavy (non-hydrogen) atoms. The number of carbonyl (C=O) groups excluding carboxylic acids is 1. The Morgan fingerprint density at radius 3 is 2.72 bits per heavy atom. The van der Waals surface area contributed by atoms with Crippen molar-refractivity contribution in [1.82, 2.24) is 19.6 Å². The van der Waals surface area contributed by atoms with Crippen LogP contribution >= 0.6 is 22.7 Å². The van der Waals surface area contributed by atoms with E-state index in [0.29, 0.717) is 5.13 Å². The maximum absolute atomic E-state index is 12.2. The molecular formula is C17H15N5OS2. The smallest absolute Gasteiger partial charge is 0.232 e. The minimum absolute atomic E-state index is 0.110. The molecule has 1 aromatic carbocycles. The molecule has 126 valence electrons. The van der Waals surface area contributed by atoms with Crippen LogP contribution < -0.4 is 5.32 Å². The van der Waals surface area contributed by atoms with Crippen LogP contribution in [0.25, 0.3) is 16.2 Å². The molecule has 0 aliphatic carbocycles. The largest absolute Gasteiger partial charge is 0.300 e. The van der Waals surface area contributed by atoms with Crippen LogP contribution in [0, 0.1) is 13.8 Å². The number of amides is 1. The first-order valence-electron chi connectivity index (χ1n) is 7.71. The molecule has 0 radical (unpaired) electrons. The molecule has 4 aromatic rings. The first kappa shape index (κ1) is 15.9. The molecule has 8 heteroatoms. The van der Waals surface area contributed by atoms with Gasteiger partial charge in [0.25, 0.3) is 0 Å². The number of imidazole rings is 1. The van der Waals surface area contributed by atoms with Crippen molar-refractivity contribution in [3.8, 4) is 11.3 Å². The topological polar surface area (TPSA) is 72.2 Å². The third-order valence-corrected chi connectivity index (χ3v) is 5.39. The summed E-state index contributed by atoms with van der Waals surface area (Å²) in [6, 6.07) is 8.26. The summed E-state index contributed by atoms with van der Waals surface area (Å²) in [7, 11) is 0. The van der Waals surface area contributed by atoms with Gasteiger partial charge in [0.15, 0.2) is 4.96 Å². The Morgan fingerprint density at radius 1 is 1.20 bits per heavy atom. The number of aromatic nitrogens is 4. The molecule has 6 nitrogen and oxygen atoms in total. The Morgan fingerprint density at radius 2 is 2.00 bits per heavy atom. The van der Waals surface area contributed by atoms with Crippen molar-refractivity contribution >= 4 is 38.7 Å². The third kappa shape index (κ3) is 3.31. The second-order valence-electron chi connectivity index (χ2n) is 5.72.